The molecular weight excluding hydrogens is 177 g/mol. The summed E-state index contributed by atoms with van der Waals surface area (Å²) in [6.45, 7) is -0.374. The molecule has 13 heavy (non-hydrogen) atoms. The molecule has 1 rings (SSSR count). The zero-order valence-corrected chi connectivity index (χ0v) is 7.12. The first-order valence-corrected chi connectivity index (χ1v) is 3.61. The summed E-state index contributed by atoms with van der Waals surface area (Å²) in [5, 5.41) is 2.61. The number of hydrogen-bond acceptors (Lipinski definition) is 6. The molecule has 1 heterocycles. The van der Waals surface area contributed by atoms with Gasteiger partial charge in [0.1, 0.15) is 6.67 Å². The zero-order chi connectivity index (χ0) is 9.68. The van der Waals surface area contributed by atoms with E-state index in [1.165, 1.54) is 7.11 Å². The third-order valence-electron chi connectivity index (χ3n) is 1.19. The molecule has 1 aromatic heterocycles. The maximum Gasteiger partial charge on any atom is 0.322 e. The van der Waals surface area contributed by atoms with Crippen molar-refractivity contribution in [3.63, 3.8) is 0 Å². The van der Waals surface area contributed by atoms with Crippen LogP contribution in [-0.4, -0.2) is 35.3 Å². The number of methoxy groups -OCH3 is 1. The van der Waals surface area contributed by atoms with E-state index in [-0.39, 0.29) is 24.5 Å². The number of aromatic nitrogens is 3. The third kappa shape index (κ3) is 2.69. The van der Waals surface area contributed by atoms with Gasteiger partial charge in [-0.2, -0.15) is 15.0 Å². The Balaban J connectivity index is 2.76. The molecule has 1 aromatic rings. The molecule has 0 bridgehead atoms. The van der Waals surface area contributed by atoms with Crippen molar-refractivity contribution in [3.05, 3.63) is 0 Å². The van der Waals surface area contributed by atoms with Crippen LogP contribution in [0.3, 0.4) is 0 Å². The molecule has 0 radical (unpaired) electrons. The number of hydrogen-bond donors (Lipinski definition) is 2. The van der Waals surface area contributed by atoms with Gasteiger partial charge < -0.3 is 15.8 Å². The van der Waals surface area contributed by atoms with E-state index in [9.17, 15) is 4.39 Å². The van der Waals surface area contributed by atoms with Gasteiger partial charge in [0, 0.05) is 6.54 Å². The monoisotopic (exact) mass is 187 g/mol. The summed E-state index contributed by atoms with van der Waals surface area (Å²) in [6, 6.07) is 0.105. The summed E-state index contributed by atoms with van der Waals surface area (Å²) in [6.07, 6.45) is 0. The maximum absolute atomic E-state index is 11.8. The van der Waals surface area contributed by atoms with E-state index >= 15 is 0 Å². The van der Waals surface area contributed by atoms with Gasteiger partial charge in [-0.3, -0.25) is 0 Å². The fraction of sp³-hybridized carbons (Fsp3) is 0.500. The lowest BCUT2D eigenvalue weighted by molar-refractivity contribution is 0.379. The van der Waals surface area contributed by atoms with Gasteiger partial charge in [-0.1, -0.05) is 0 Å². The second-order valence-electron chi connectivity index (χ2n) is 2.12. The van der Waals surface area contributed by atoms with Crippen LogP contribution in [0.2, 0.25) is 0 Å². The van der Waals surface area contributed by atoms with E-state index in [1.807, 2.05) is 0 Å². The minimum atomic E-state index is -0.506. The summed E-state index contributed by atoms with van der Waals surface area (Å²) in [4.78, 5) is 11.2. The molecule has 72 valence electrons. The number of anilines is 2. The fourth-order valence-electron chi connectivity index (χ4n) is 0.701. The largest absolute Gasteiger partial charge is 0.467 e. The predicted molar refractivity (Wildman–Crippen MR) is 45.3 cm³/mol. The van der Waals surface area contributed by atoms with Gasteiger partial charge in [0.05, 0.1) is 7.11 Å². The molecule has 0 aliphatic carbocycles. The summed E-state index contributed by atoms with van der Waals surface area (Å²) in [5.74, 6) is 0.246. The minimum absolute atomic E-state index is 0.0354. The smallest absolute Gasteiger partial charge is 0.322 e. The Hall–Kier alpha value is -1.66. The van der Waals surface area contributed by atoms with Crippen LogP contribution in [0.15, 0.2) is 0 Å². The number of nitrogens with zero attached hydrogens (tertiary/aromatic N) is 3. The third-order valence-corrected chi connectivity index (χ3v) is 1.19. The Bertz CT molecular complexity index is 282. The van der Waals surface area contributed by atoms with E-state index in [1.54, 1.807) is 0 Å². The van der Waals surface area contributed by atoms with Gasteiger partial charge in [-0.15, -0.1) is 0 Å². The van der Waals surface area contributed by atoms with Crippen LogP contribution >= 0.6 is 0 Å². The Morgan fingerprint density at radius 3 is 2.85 bits per heavy atom. The molecule has 0 unspecified atom stereocenters. The fourth-order valence-corrected chi connectivity index (χ4v) is 0.701. The van der Waals surface area contributed by atoms with E-state index < -0.39 is 6.67 Å². The normalized spacial score (nSPS) is 9.69. The highest BCUT2D eigenvalue weighted by molar-refractivity contribution is 5.32. The van der Waals surface area contributed by atoms with Crippen LogP contribution in [0, 0.1) is 0 Å². The quantitative estimate of drug-likeness (QED) is 0.681. The first kappa shape index (κ1) is 9.43. The molecule has 0 saturated carbocycles. The Morgan fingerprint density at radius 2 is 2.23 bits per heavy atom. The van der Waals surface area contributed by atoms with E-state index in [0.717, 1.165) is 0 Å². The van der Waals surface area contributed by atoms with E-state index in [4.69, 9.17) is 10.5 Å². The summed E-state index contributed by atoms with van der Waals surface area (Å²) in [7, 11) is 1.41. The molecule has 0 fully saturated rings. The SMILES string of the molecule is COc1nc(N)nc(NCCF)n1. The first-order valence-electron chi connectivity index (χ1n) is 3.61. The maximum atomic E-state index is 11.8. The van der Waals surface area contributed by atoms with Crippen molar-refractivity contribution in [2.45, 2.75) is 0 Å². The van der Waals surface area contributed by atoms with Gasteiger partial charge in [0.25, 0.3) is 0 Å². The van der Waals surface area contributed by atoms with Crippen molar-refractivity contribution in [1.82, 2.24) is 15.0 Å². The van der Waals surface area contributed by atoms with Crippen molar-refractivity contribution in [2.75, 3.05) is 31.4 Å². The molecule has 0 aliphatic heterocycles. The van der Waals surface area contributed by atoms with Crippen LogP contribution in [-0.2, 0) is 0 Å². The Kier molecular flexibility index (Phi) is 3.18. The summed E-state index contributed by atoms with van der Waals surface area (Å²) in [5.41, 5.74) is 5.33. The van der Waals surface area contributed by atoms with Crippen molar-refractivity contribution >= 4 is 11.9 Å². The molecule has 3 N–H and O–H groups in total. The highest BCUT2D eigenvalue weighted by Gasteiger charge is 2.02. The van der Waals surface area contributed by atoms with Gasteiger partial charge in [-0.05, 0) is 0 Å². The van der Waals surface area contributed by atoms with Crippen LogP contribution < -0.4 is 15.8 Å². The summed E-state index contributed by atoms with van der Waals surface area (Å²) >= 11 is 0. The van der Waals surface area contributed by atoms with Crippen molar-refractivity contribution in [3.8, 4) is 6.01 Å². The lowest BCUT2D eigenvalue weighted by Crippen LogP contribution is -2.10. The molecule has 0 spiro atoms. The van der Waals surface area contributed by atoms with Gasteiger partial charge in [0.15, 0.2) is 0 Å². The molecule has 0 atom stereocenters. The number of halogens is 1. The van der Waals surface area contributed by atoms with Crippen molar-refractivity contribution in [2.24, 2.45) is 0 Å². The molecule has 6 nitrogen and oxygen atoms in total. The average molecular weight is 187 g/mol. The lowest BCUT2D eigenvalue weighted by atomic mass is 10.7. The number of nitrogens with one attached hydrogen (secondary N) is 1. The van der Waals surface area contributed by atoms with Crippen LogP contribution in [0.5, 0.6) is 6.01 Å². The molecule has 0 saturated heterocycles. The number of ether oxygens (including phenoxy) is 1. The number of nitrogens with two attached hydrogens (primary N) is 1. The highest BCUT2D eigenvalue weighted by Crippen LogP contribution is 2.07. The minimum Gasteiger partial charge on any atom is -0.467 e. The average Bonchev–Trinajstić information content (AvgIpc) is 2.14. The summed E-state index contributed by atoms with van der Waals surface area (Å²) < 4.78 is 16.5. The van der Waals surface area contributed by atoms with Crippen LogP contribution in [0.1, 0.15) is 0 Å². The molecule has 0 amide bonds. The number of nitrogen functional groups attached to an aromatic ring is 1. The number of alkyl halides is 1. The van der Waals surface area contributed by atoms with Gasteiger partial charge >= 0.3 is 6.01 Å². The topological polar surface area (TPSA) is 86.0 Å². The Morgan fingerprint density at radius 1 is 1.46 bits per heavy atom. The van der Waals surface area contributed by atoms with Crippen LogP contribution in [0.4, 0.5) is 16.3 Å². The second kappa shape index (κ2) is 4.39. The van der Waals surface area contributed by atoms with Gasteiger partial charge in [-0.25, -0.2) is 4.39 Å². The number of rotatable bonds is 4. The molecule has 0 aliphatic rings. The molecule has 0 aromatic carbocycles. The van der Waals surface area contributed by atoms with Gasteiger partial charge in [0.2, 0.25) is 11.9 Å². The van der Waals surface area contributed by atoms with Crippen molar-refractivity contribution in [1.29, 1.82) is 0 Å². The second-order valence-corrected chi connectivity index (χ2v) is 2.12. The zero-order valence-electron chi connectivity index (χ0n) is 7.12. The van der Waals surface area contributed by atoms with E-state index in [2.05, 4.69) is 20.3 Å². The standard InChI is InChI=1S/C6H10FN5O/c1-13-6-11-4(8)10-5(12-6)9-3-2-7/h2-3H2,1H3,(H3,8,9,10,11,12). The Labute approximate surface area is 74.4 Å². The van der Waals surface area contributed by atoms with Crippen LogP contribution in [0.25, 0.3) is 0 Å². The lowest BCUT2D eigenvalue weighted by Gasteiger charge is -2.03. The predicted octanol–water partition coefficient (Wildman–Crippen LogP) is -0.156. The van der Waals surface area contributed by atoms with E-state index in [0.29, 0.717) is 0 Å². The molecule has 7 heteroatoms. The first-order chi connectivity index (χ1) is 6.26. The van der Waals surface area contributed by atoms with Crippen molar-refractivity contribution < 1.29 is 9.13 Å². The highest BCUT2D eigenvalue weighted by atomic mass is 19.1. The molecular formula is C6H10FN5O.